The van der Waals surface area contributed by atoms with E-state index in [-0.39, 0.29) is 0 Å². The van der Waals surface area contributed by atoms with Gasteiger partial charge in [-0.15, -0.1) is 11.8 Å². The zero-order chi connectivity index (χ0) is 12.1. The van der Waals surface area contributed by atoms with Crippen LogP contribution in [0.25, 0.3) is 0 Å². The van der Waals surface area contributed by atoms with Crippen molar-refractivity contribution in [2.24, 2.45) is 0 Å². The van der Waals surface area contributed by atoms with Crippen molar-refractivity contribution in [2.75, 3.05) is 0 Å². The van der Waals surface area contributed by atoms with Crippen molar-refractivity contribution in [1.29, 1.82) is 0 Å². The molecule has 0 N–H and O–H groups in total. The highest BCUT2D eigenvalue weighted by Crippen LogP contribution is 2.25. The molecule has 0 aliphatic carbocycles. The highest BCUT2D eigenvalue weighted by molar-refractivity contribution is 7.98. The maximum atomic E-state index is 10.5. The highest BCUT2D eigenvalue weighted by Gasteiger charge is 2.01. The molecule has 2 rings (SSSR count). The number of hydrogen-bond donors (Lipinski definition) is 0. The second-order valence-electron chi connectivity index (χ2n) is 3.43. The molecule has 0 fully saturated rings. The molecule has 0 aliphatic heterocycles. The number of aldehydes is 1. The third-order valence-corrected chi connectivity index (χ3v) is 3.59. The number of benzene rings is 1. The summed E-state index contributed by atoms with van der Waals surface area (Å²) >= 11 is 7.65. The van der Waals surface area contributed by atoms with Gasteiger partial charge >= 0.3 is 0 Å². The highest BCUT2D eigenvalue weighted by atomic mass is 35.5. The summed E-state index contributed by atoms with van der Waals surface area (Å²) in [5, 5.41) is 1.65. The average molecular weight is 264 g/mol. The zero-order valence-electron chi connectivity index (χ0n) is 8.97. The van der Waals surface area contributed by atoms with Crippen LogP contribution in [0.15, 0.2) is 47.6 Å². The lowest BCUT2D eigenvalue weighted by atomic mass is 10.2. The standard InChI is InChI=1S/C13H10ClNOS/c14-12-4-2-1-3-11(12)9-17-13-6-5-10(8-16)7-15-13/h1-8H,9H2. The molecule has 17 heavy (non-hydrogen) atoms. The quantitative estimate of drug-likeness (QED) is 0.620. The van der Waals surface area contributed by atoms with Crippen LogP contribution < -0.4 is 0 Å². The van der Waals surface area contributed by atoms with Gasteiger partial charge in [0.05, 0.1) is 5.03 Å². The summed E-state index contributed by atoms with van der Waals surface area (Å²) in [5.74, 6) is 0.771. The second kappa shape index (κ2) is 5.84. The largest absolute Gasteiger partial charge is 0.298 e. The normalized spacial score (nSPS) is 10.2. The van der Waals surface area contributed by atoms with Crippen LogP contribution in [-0.4, -0.2) is 11.3 Å². The molecular weight excluding hydrogens is 254 g/mol. The van der Waals surface area contributed by atoms with Crippen molar-refractivity contribution in [1.82, 2.24) is 4.98 Å². The van der Waals surface area contributed by atoms with Gasteiger partial charge in [0, 0.05) is 22.5 Å². The Morgan fingerprint density at radius 1 is 1.24 bits per heavy atom. The SMILES string of the molecule is O=Cc1ccc(SCc2ccccc2Cl)nc1. The van der Waals surface area contributed by atoms with Crippen LogP contribution in [0.3, 0.4) is 0 Å². The Kier molecular flexibility index (Phi) is 4.18. The van der Waals surface area contributed by atoms with Gasteiger partial charge in [-0.25, -0.2) is 4.98 Å². The summed E-state index contributed by atoms with van der Waals surface area (Å²) < 4.78 is 0. The first-order valence-corrected chi connectivity index (χ1v) is 6.43. The Bertz CT molecular complexity index is 513. The first-order chi connectivity index (χ1) is 8.29. The van der Waals surface area contributed by atoms with Gasteiger partial charge in [0.1, 0.15) is 0 Å². The van der Waals surface area contributed by atoms with Gasteiger partial charge in [0.2, 0.25) is 0 Å². The van der Waals surface area contributed by atoms with E-state index in [1.807, 2.05) is 30.3 Å². The molecule has 0 amide bonds. The van der Waals surface area contributed by atoms with Gasteiger partial charge in [-0.3, -0.25) is 4.79 Å². The van der Waals surface area contributed by atoms with E-state index in [1.165, 1.54) is 0 Å². The van der Waals surface area contributed by atoms with Crippen molar-refractivity contribution < 1.29 is 4.79 Å². The van der Waals surface area contributed by atoms with E-state index in [0.717, 1.165) is 27.7 Å². The van der Waals surface area contributed by atoms with Crippen molar-refractivity contribution in [3.05, 3.63) is 58.7 Å². The topological polar surface area (TPSA) is 30.0 Å². The van der Waals surface area contributed by atoms with E-state index < -0.39 is 0 Å². The first kappa shape index (κ1) is 12.1. The molecule has 1 heterocycles. The predicted molar refractivity (Wildman–Crippen MR) is 70.6 cm³/mol. The monoisotopic (exact) mass is 263 g/mol. The van der Waals surface area contributed by atoms with Crippen LogP contribution in [0.2, 0.25) is 5.02 Å². The van der Waals surface area contributed by atoms with E-state index in [4.69, 9.17) is 11.6 Å². The first-order valence-electron chi connectivity index (χ1n) is 5.07. The number of hydrogen-bond acceptors (Lipinski definition) is 3. The van der Waals surface area contributed by atoms with Gasteiger partial charge < -0.3 is 0 Å². The van der Waals surface area contributed by atoms with E-state index in [9.17, 15) is 4.79 Å². The van der Waals surface area contributed by atoms with Gasteiger partial charge in [-0.2, -0.15) is 0 Å². The number of halogens is 1. The van der Waals surface area contributed by atoms with Gasteiger partial charge in [-0.05, 0) is 23.8 Å². The molecule has 2 aromatic rings. The second-order valence-corrected chi connectivity index (χ2v) is 4.83. The molecule has 0 aliphatic rings. The molecule has 0 unspecified atom stereocenters. The van der Waals surface area contributed by atoms with Crippen LogP contribution in [0.5, 0.6) is 0 Å². The maximum absolute atomic E-state index is 10.5. The fraction of sp³-hybridized carbons (Fsp3) is 0.0769. The van der Waals surface area contributed by atoms with Crippen LogP contribution in [0.1, 0.15) is 15.9 Å². The third-order valence-electron chi connectivity index (χ3n) is 2.23. The summed E-state index contributed by atoms with van der Waals surface area (Å²) in [6.07, 6.45) is 2.36. The Hall–Kier alpha value is -1.32. The lowest BCUT2D eigenvalue weighted by Gasteiger charge is -2.03. The van der Waals surface area contributed by atoms with E-state index in [0.29, 0.717) is 5.56 Å². The Balaban J connectivity index is 2.02. The van der Waals surface area contributed by atoms with Gasteiger partial charge in [0.15, 0.2) is 6.29 Å². The Morgan fingerprint density at radius 3 is 2.71 bits per heavy atom. The number of nitrogens with zero attached hydrogens (tertiary/aromatic N) is 1. The minimum absolute atomic E-state index is 0.590. The van der Waals surface area contributed by atoms with E-state index in [1.54, 1.807) is 24.0 Å². The smallest absolute Gasteiger partial charge is 0.151 e. The van der Waals surface area contributed by atoms with E-state index >= 15 is 0 Å². The molecule has 0 radical (unpaired) electrons. The molecule has 0 atom stereocenters. The fourth-order valence-corrected chi connectivity index (χ4v) is 2.44. The average Bonchev–Trinajstić information content (AvgIpc) is 2.38. The molecule has 0 saturated heterocycles. The fourth-order valence-electron chi connectivity index (χ4n) is 1.31. The molecule has 0 saturated carbocycles. The summed E-state index contributed by atoms with van der Waals surface area (Å²) in [4.78, 5) is 14.7. The van der Waals surface area contributed by atoms with Crippen LogP contribution in [0, 0.1) is 0 Å². The van der Waals surface area contributed by atoms with Crippen molar-refractivity contribution in [2.45, 2.75) is 10.8 Å². The van der Waals surface area contributed by atoms with Crippen LogP contribution in [0.4, 0.5) is 0 Å². The van der Waals surface area contributed by atoms with Crippen LogP contribution >= 0.6 is 23.4 Å². The minimum Gasteiger partial charge on any atom is -0.298 e. The van der Waals surface area contributed by atoms with Crippen molar-refractivity contribution >= 4 is 29.6 Å². The molecule has 1 aromatic heterocycles. The minimum atomic E-state index is 0.590. The molecule has 4 heteroatoms. The van der Waals surface area contributed by atoms with Crippen LogP contribution in [-0.2, 0) is 5.75 Å². The number of pyridine rings is 1. The summed E-state index contributed by atoms with van der Waals surface area (Å²) in [6, 6.07) is 11.3. The maximum Gasteiger partial charge on any atom is 0.151 e. The molecule has 0 spiro atoms. The summed E-state index contributed by atoms with van der Waals surface area (Å²) in [5.41, 5.74) is 1.67. The molecule has 0 bridgehead atoms. The van der Waals surface area contributed by atoms with Gasteiger partial charge in [-0.1, -0.05) is 29.8 Å². The lowest BCUT2D eigenvalue weighted by molar-refractivity contribution is 0.112. The third kappa shape index (κ3) is 3.32. The van der Waals surface area contributed by atoms with E-state index in [2.05, 4.69) is 4.98 Å². The number of carbonyl (C=O) groups excluding carboxylic acids is 1. The Labute approximate surface area is 109 Å². The number of thioether (sulfide) groups is 1. The molecular formula is C13H10ClNOS. The van der Waals surface area contributed by atoms with Gasteiger partial charge in [0.25, 0.3) is 0 Å². The molecule has 86 valence electrons. The Morgan fingerprint density at radius 2 is 2.06 bits per heavy atom. The summed E-state index contributed by atoms with van der Waals surface area (Å²) in [6.45, 7) is 0. The summed E-state index contributed by atoms with van der Waals surface area (Å²) in [7, 11) is 0. The van der Waals surface area contributed by atoms with Crippen molar-refractivity contribution in [3.63, 3.8) is 0 Å². The predicted octanol–water partition coefficient (Wildman–Crippen LogP) is 3.84. The zero-order valence-corrected chi connectivity index (χ0v) is 10.5. The van der Waals surface area contributed by atoms with Crippen molar-refractivity contribution in [3.8, 4) is 0 Å². The molecule has 2 nitrogen and oxygen atoms in total. The lowest BCUT2D eigenvalue weighted by Crippen LogP contribution is -1.86. The molecule has 1 aromatic carbocycles. The number of rotatable bonds is 4. The number of carbonyl (C=O) groups is 1. The number of aromatic nitrogens is 1.